The van der Waals surface area contributed by atoms with Crippen molar-refractivity contribution in [3.63, 3.8) is 0 Å². The molecule has 1 rings (SSSR count). The number of carbonyl (C=O) groups is 1. The third-order valence-electron chi connectivity index (χ3n) is 2.96. The largest absolute Gasteiger partial charge is 0.490 e. The molecule has 0 heterocycles. The summed E-state index contributed by atoms with van der Waals surface area (Å²) >= 11 is 3.51. The molecule has 0 saturated carbocycles. The topological polar surface area (TPSA) is 50.8 Å². The van der Waals surface area contributed by atoms with Crippen LogP contribution in [0.25, 0.3) is 0 Å². The zero-order chi connectivity index (χ0) is 16.5. The Morgan fingerprint density at radius 1 is 1.27 bits per heavy atom. The van der Waals surface area contributed by atoms with E-state index in [4.69, 9.17) is 9.47 Å². The first-order valence-electron chi connectivity index (χ1n) is 7.48. The highest BCUT2D eigenvalue weighted by Crippen LogP contribution is 2.37. The van der Waals surface area contributed by atoms with Crippen molar-refractivity contribution < 1.29 is 14.3 Å². The van der Waals surface area contributed by atoms with Crippen molar-refractivity contribution in [1.82, 2.24) is 10.2 Å². The van der Waals surface area contributed by atoms with Crippen LogP contribution in [0.3, 0.4) is 0 Å². The molecule has 1 N–H and O–H groups in total. The molecule has 0 fully saturated rings. The van der Waals surface area contributed by atoms with E-state index in [9.17, 15) is 4.79 Å². The number of nitrogens with one attached hydrogen (secondary N) is 1. The Morgan fingerprint density at radius 2 is 2.00 bits per heavy atom. The van der Waals surface area contributed by atoms with Crippen molar-refractivity contribution in [2.24, 2.45) is 0 Å². The van der Waals surface area contributed by atoms with Gasteiger partial charge in [0, 0.05) is 20.6 Å². The molecular formula is C16H25BrN2O3. The van der Waals surface area contributed by atoms with Crippen LogP contribution in [0.15, 0.2) is 16.6 Å². The van der Waals surface area contributed by atoms with Crippen molar-refractivity contribution in [2.45, 2.75) is 26.8 Å². The average molecular weight is 373 g/mol. The smallest absolute Gasteiger partial charge is 0.259 e. The first kappa shape index (κ1) is 18.8. The number of nitrogens with zero attached hydrogens (tertiary/aromatic N) is 1. The van der Waals surface area contributed by atoms with Crippen molar-refractivity contribution in [3.05, 3.63) is 22.2 Å². The van der Waals surface area contributed by atoms with Gasteiger partial charge in [0.25, 0.3) is 5.91 Å². The van der Waals surface area contributed by atoms with E-state index in [1.165, 1.54) is 4.90 Å². The van der Waals surface area contributed by atoms with Gasteiger partial charge in [0.1, 0.15) is 0 Å². The summed E-state index contributed by atoms with van der Waals surface area (Å²) in [4.78, 5) is 13.2. The molecule has 0 spiro atoms. The van der Waals surface area contributed by atoms with Crippen molar-refractivity contribution in [1.29, 1.82) is 0 Å². The lowest BCUT2D eigenvalue weighted by atomic mass is 10.2. The van der Waals surface area contributed by atoms with Crippen LogP contribution in [0.2, 0.25) is 0 Å². The van der Waals surface area contributed by atoms with E-state index in [1.54, 1.807) is 14.1 Å². The summed E-state index contributed by atoms with van der Waals surface area (Å²) in [5.74, 6) is 1.12. The van der Waals surface area contributed by atoms with Crippen LogP contribution in [0.5, 0.6) is 11.5 Å². The lowest BCUT2D eigenvalue weighted by Crippen LogP contribution is -2.27. The fourth-order valence-electron chi connectivity index (χ4n) is 1.80. The number of hydrogen-bond acceptors (Lipinski definition) is 4. The first-order valence-corrected chi connectivity index (χ1v) is 8.27. The number of rotatable bonds is 9. The Bertz CT molecular complexity index is 493. The van der Waals surface area contributed by atoms with Gasteiger partial charge in [0.2, 0.25) is 0 Å². The summed E-state index contributed by atoms with van der Waals surface area (Å²) in [6, 6.07) is 3.94. The summed E-state index contributed by atoms with van der Waals surface area (Å²) < 4.78 is 12.1. The Kier molecular flexibility index (Phi) is 8.27. The van der Waals surface area contributed by atoms with Crippen molar-refractivity contribution >= 4 is 21.8 Å². The van der Waals surface area contributed by atoms with Crippen LogP contribution in [-0.2, 0) is 11.3 Å². The van der Waals surface area contributed by atoms with Gasteiger partial charge in [-0.1, -0.05) is 6.92 Å². The molecule has 1 aromatic rings. The van der Waals surface area contributed by atoms with E-state index in [2.05, 4.69) is 28.2 Å². The minimum absolute atomic E-state index is 0.0148. The SMILES string of the molecule is CCCNCc1cc(Br)c(OCC(=O)N(C)C)c(OCC)c1. The minimum atomic E-state index is -0.0944. The molecule has 0 bridgehead atoms. The number of ether oxygens (including phenoxy) is 2. The molecule has 5 nitrogen and oxygen atoms in total. The lowest BCUT2D eigenvalue weighted by molar-refractivity contribution is -0.130. The van der Waals surface area contributed by atoms with Gasteiger partial charge in [-0.2, -0.15) is 0 Å². The molecule has 0 aliphatic carbocycles. The predicted octanol–water partition coefficient (Wildman–Crippen LogP) is 2.81. The number of amides is 1. The minimum Gasteiger partial charge on any atom is -0.490 e. The maximum atomic E-state index is 11.7. The van der Waals surface area contributed by atoms with Crippen LogP contribution in [0.4, 0.5) is 0 Å². The zero-order valence-corrected chi connectivity index (χ0v) is 15.3. The maximum Gasteiger partial charge on any atom is 0.259 e. The molecule has 1 aromatic carbocycles. The molecule has 1 amide bonds. The lowest BCUT2D eigenvalue weighted by Gasteiger charge is -2.17. The van der Waals surface area contributed by atoms with Crippen LogP contribution >= 0.6 is 15.9 Å². The van der Waals surface area contributed by atoms with Gasteiger partial charge in [-0.3, -0.25) is 4.79 Å². The van der Waals surface area contributed by atoms with Crippen molar-refractivity contribution in [3.8, 4) is 11.5 Å². The second kappa shape index (κ2) is 9.69. The molecule has 0 atom stereocenters. The third-order valence-corrected chi connectivity index (χ3v) is 3.55. The first-order chi connectivity index (χ1) is 10.5. The Morgan fingerprint density at radius 3 is 2.59 bits per heavy atom. The molecule has 22 heavy (non-hydrogen) atoms. The van der Waals surface area contributed by atoms with Crippen LogP contribution in [-0.4, -0.2) is 44.7 Å². The second-order valence-electron chi connectivity index (χ2n) is 5.09. The number of benzene rings is 1. The molecule has 0 saturated heterocycles. The Balaban J connectivity index is 2.88. The van der Waals surface area contributed by atoms with E-state index in [0.29, 0.717) is 18.1 Å². The van der Waals surface area contributed by atoms with Gasteiger partial charge in [-0.05, 0) is 53.5 Å². The maximum absolute atomic E-state index is 11.7. The zero-order valence-electron chi connectivity index (χ0n) is 13.7. The summed E-state index contributed by atoms with van der Waals surface area (Å²) in [6.45, 7) is 6.31. The highest BCUT2D eigenvalue weighted by atomic mass is 79.9. The summed E-state index contributed by atoms with van der Waals surface area (Å²) in [5, 5.41) is 3.35. The highest BCUT2D eigenvalue weighted by molar-refractivity contribution is 9.10. The van der Waals surface area contributed by atoms with Gasteiger partial charge in [0.15, 0.2) is 18.1 Å². The summed E-state index contributed by atoms with van der Waals surface area (Å²) in [6.07, 6.45) is 1.09. The van der Waals surface area contributed by atoms with Gasteiger partial charge in [-0.15, -0.1) is 0 Å². The standard InChI is InChI=1S/C16H25BrN2O3/c1-5-7-18-10-12-8-13(17)16(14(9-12)21-6-2)22-11-15(20)19(3)4/h8-9,18H,5-7,10-11H2,1-4H3. The average Bonchev–Trinajstić information content (AvgIpc) is 2.46. The molecule has 0 radical (unpaired) electrons. The quantitative estimate of drug-likeness (QED) is 0.677. The fraction of sp³-hybridized carbons (Fsp3) is 0.562. The van der Waals surface area contributed by atoms with E-state index in [-0.39, 0.29) is 12.5 Å². The molecule has 6 heteroatoms. The number of likely N-dealkylation sites (N-methyl/N-ethyl adjacent to an activating group) is 1. The van der Waals surface area contributed by atoms with Crippen LogP contribution in [0, 0.1) is 0 Å². The molecule has 124 valence electrons. The summed E-state index contributed by atoms with van der Waals surface area (Å²) in [7, 11) is 3.40. The number of halogens is 1. The third kappa shape index (κ3) is 5.85. The van der Waals surface area contributed by atoms with Gasteiger partial charge in [0.05, 0.1) is 11.1 Å². The molecule has 0 aliphatic rings. The van der Waals surface area contributed by atoms with Crippen LogP contribution in [0.1, 0.15) is 25.8 Å². The summed E-state index contributed by atoms with van der Waals surface area (Å²) in [5.41, 5.74) is 1.11. The van der Waals surface area contributed by atoms with Crippen molar-refractivity contribution in [2.75, 3.05) is 33.9 Å². The Labute approximate surface area is 141 Å². The normalized spacial score (nSPS) is 10.4. The predicted molar refractivity (Wildman–Crippen MR) is 91.5 cm³/mol. The number of hydrogen-bond donors (Lipinski definition) is 1. The molecule has 0 aliphatic heterocycles. The fourth-order valence-corrected chi connectivity index (χ4v) is 2.40. The monoisotopic (exact) mass is 372 g/mol. The van der Waals surface area contributed by atoms with E-state index >= 15 is 0 Å². The van der Waals surface area contributed by atoms with Crippen LogP contribution < -0.4 is 14.8 Å². The second-order valence-corrected chi connectivity index (χ2v) is 5.95. The molecule has 0 aromatic heterocycles. The highest BCUT2D eigenvalue weighted by Gasteiger charge is 2.14. The van der Waals surface area contributed by atoms with Gasteiger partial charge >= 0.3 is 0 Å². The van der Waals surface area contributed by atoms with Gasteiger partial charge in [-0.25, -0.2) is 0 Å². The molecular weight excluding hydrogens is 348 g/mol. The molecule has 0 unspecified atom stereocenters. The Hall–Kier alpha value is -1.27. The van der Waals surface area contributed by atoms with E-state index < -0.39 is 0 Å². The van der Waals surface area contributed by atoms with E-state index in [1.807, 2.05) is 19.1 Å². The van der Waals surface area contributed by atoms with E-state index in [0.717, 1.165) is 29.5 Å². The number of carbonyl (C=O) groups excluding carboxylic acids is 1. The van der Waals surface area contributed by atoms with Gasteiger partial charge < -0.3 is 19.7 Å².